The predicted octanol–water partition coefficient (Wildman–Crippen LogP) is 3.36. The van der Waals surface area contributed by atoms with Crippen molar-refractivity contribution in [2.24, 2.45) is 0 Å². The van der Waals surface area contributed by atoms with Crippen LogP contribution in [0, 0.1) is 0 Å². The summed E-state index contributed by atoms with van der Waals surface area (Å²) in [7, 11) is 0. The van der Waals surface area contributed by atoms with Gasteiger partial charge >= 0.3 is 17.9 Å². The number of carboxylic acid groups (broad SMARTS) is 3. The van der Waals surface area contributed by atoms with Crippen molar-refractivity contribution in [3.63, 3.8) is 0 Å². The first kappa shape index (κ1) is 34.9. The highest BCUT2D eigenvalue weighted by Crippen LogP contribution is 2.28. The molecule has 6 N–H and O–H groups in total. The van der Waals surface area contributed by atoms with Crippen LogP contribution in [0.25, 0.3) is 11.0 Å². The number of pyridine rings is 1. The zero-order valence-corrected chi connectivity index (χ0v) is 24.1. The van der Waals surface area contributed by atoms with Crippen molar-refractivity contribution >= 4 is 28.9 Å². The molecule has 4 atom stereocenters. The van der Waals surface area contributed by atoms with Gasteiger partial charge in [0.25, 0.3) is 5.56 Å². The van der Waals surface area contributed by atoms with E-state index in [-0.39, 0.29) is 5.58 Å². The van der Waals surface area contributed by atoms with Crippen LogP contribution in [0.2, 0.25) is 0 Å². The fraction of sp³-hybridized carbons (Fsp3) is 0.152. The Morgan fingerprint density at radius 1 is 0.652 bits per heavy atom. The molecule has 46 heavy (non-hydrogen) atoms. The van der Waals surface area contributed by atoms with Gasteiger partial charge in [0.05, 0.1) is 29.6 Å². The molecule has 1 saturated heterocycles. The molecular formula is C33H31NO12. The molecule has 0 spiro atoms. The standard InChI is InChI=1S/C12H13NO6.3C7H6O2/c14-5-7-8(15)9(16)12(19-7)13-3-1-6-2-4-18-10(6)11(13)17;3*8-7(9)6-4-2-1-3-5-6/h1-4,7-9,12,14-16H,5H2;3*1-5H,(H,8,9)/t7-,8-,9-,12-;;;/m1.../s1. The minimum absolute atomic E-state index is 0.153. The first-order valence-electron chi connectivity index (χ1n) is 13.6. The van der Waals surface area contributed by atoms with E-state index in [0.29, 0.717) is 22.1 Å². The second-order valence-electron chi connectivity index (χ2n) is 9.48. The molecule has 2 aromatic heterocycles. The summed E-state index contributed by atoms with van der Waals surface area (Å²) in [6.45, 7) is -0.438. The monoisotopic (exact) mass is 633 g/mol. The number of rotatable bonds is 5. The van der Waals surface area contributed by atoms with Crippen LogP contribution >= 0.6 is 0 Å². The summed E-state index contributed by atoms with van der Waals surface area (Å²) >= 11 is 0. The number of aromatic carboxylic acids is 3. The van der Waals surface area contributed by atoms with Crippen LogP contribution < -0.4 is 5.56 Å². The first-order chi connectivity index (χ1) is 22.0. The van der Waals surface area contributed by atoms with E-state index >= 15 is 0 Å². The van der Waals surface area contributed by atoms with Gasteiger partial charge < -0.3 is 39.8 Å². The van der Waals surface area contributed by atoms with Gasteiger partial charge in [-0.1, -0.05) is 54.6 Å². The molecule has 0 aliphatic carbocycles. The Kier molecular flexibility index (Phi) is 12.9. The summed E-state index contributed by atoms with van der Waals surface area (Å²) in [6.07, 6.45) is -1.64. The molecule has 0 radical (unpaired) electrons. The number of benzene rings is 3. The van der Waals surface area contributed by atoms with Crippen molar-refractivity contribution < 1.29 is 54.2 Å². The number of hydrogen-bond donors (Lipinski definition) is 6. The van der Waals surface area contributed by atoms with Crippen LogP contribution in [0.1, 0.15) is 37.3 Å². The third kappa shape index (κ3) is 9.45. The largest absolute Gasteiger partial charge is 0.478 e. The lowest BCUT2D eigenvalue weighted by Gasteiger charge is -2.17. The minimum atomic E-state index is -1.29. The fourth-order valence-electron chi connectivity index (χ4n) is 4.02. The first-order valence-corrected chi connectivity index (χ1v) is 13.6. The molecule has 5 aromatic rings. The van der Waals surface area contributed by atoms with Crippen LogP contribution in [-0.2, 0) is 4.74 Å². The molecule has 0 saturated carbocycles. The van der Waals surface area contributed by atoms with Crippen molar-refractivity contribution in [1.29, 1.82) is 0 Å². The molecule has 13 heteroatoms. The Balaban J connectivity index is 0.000000181. The SMILES string of the molecule is O=C(O)c1ccccc1.O=C(O)c1ccccc1.O=C(O)c1ccccc1.O=c1c2occc2ccn1[C@@H]1O[C@H](CO)[C@@H](O)[C@H]1O. The molecule has 1 aliphatic heterocycles. The molecular weight excluding hydrogens is 602 g/mol. The van der Waals surface area contributed by atoms with Gasteiger partial charge in [0.1, 0.15) is 18.3 Å². The lowest BCUT2D eigenvalue weighted by atomic mass is 10.1. The lowest BCUT2D eigenvalue weighted by Crippen LogP contribution is -2.35. The molecule has 0 amide bonds. The van der Waals surface area contributed by atoms with E-state index in [1.165, 1.54) is 12.5 Å². The quantitative estimate of drug-likeness (QED) is 0.164. The fourth-order valence-corrected chi connectivity index (χ4v) is 4.02. The van der Waals surface area contributed by atoms with Gasteiger partial charge in [0, 0.05) is 11.6 Å². The molecule has 3 heterocycles. The number of hydrogen-bond acceptors (Lipinski definition) is 9. The number of ether oxygens (including phenoxy) is 1. The highest BCUT2D eigenvalue weighted by atomic mass is 16.6. The normalized spacial score (nSPS) is 18.1. The Bertz CT molecular complexity index is 1640. The Morgan fingerprint density at radius 3 is 1.43 bits per heavy atom. The van der Waals surface area contributed by atoms with Crippen LogP contribution in [0.4, 0.5) is 0 Å². The van der Waals surface area contributed by atoms with Crippen molar-refractivity contribution in [3.05, 3.63) is 143 Å². The summed E-state index contributed by atoms with van der Waals surface area (Å²) in [5, 5.41) is 54.4. The Morgan fingerprint density at radius 2 is 1.09 bits per heavy atom. The number of fused-ring (bicyclic) bond motifs is 1. The van der Waals surface area contributed by atoms with Crippen molar-refractivity contribution in [3.8, 4) is 0 Å². The second kappa shape index (κ2) is 17.0. The highest BCUT2D eigenvalue weighted by Gasteiger charge is 2.43. The average Bonchev–Trinajstić information content (AvgIpc) is 3.68. The maximum atomic E-state index is 12.2. The number of carboxylic acids is 3. The molecule has 1 fully saturated rings. The third-order valence-corrected chi connectivity index (χ3v) is 6.39. The Hall–Kier alpha value is -5.60. The number of nitrogens with zero attached hydrogens (tertiary/aromatic N) is 1. The molecule has 240 valence electrons. The number of aromatic nitrogens is 1. The van der Waals surface area contributed by atoms with E-state index in [1.807, 2.05) is 0 Å². The van der Waals surface area contributed by atoms with Gasteiger partial charge in [0.2, 0.25) is 0 Å². The van der Waals surface area contributed by atoms with Crippen LogP contribution in [0.15, 0.2) is 125 Å². The summed E-state index contributed by atoms with van der Waals surface area (Å²) in [4.78, 5) is 42.8. The summed E-state index contributed by atoms with van der Waals surface area (Å²) in [6, 6.07) is 28.2. The molecule has 0 bridgehead atoms. The molecule has 0 unspecified atom stereocenters. The van der Waals surface area contributed by atoms with Crippen molar-refractivity contribution in [1.82, 2.24) is 4.57 Å². The average molecular weight is 634 g/mol. The number of furan rings is 1. The maximum absolute atomic E-state index is 12.2. The number of aliphatic hydroxyl groups excluding tert-OH is 3. The molecule has 1 aliphatic rings. The van der Waals surface area contributed by atoms with Crippen LogP contribution in [0.5, 0.6) is 0 Å². The van der Waals surface area contributed by atoms with E-state index in [2.05, 4.69) is 0 Å². The van der Waals surface area contributed by atoms with Gasteiger partial charge in [-0.2, -0.15) is 0 Å². The molecule has 6 rings (SSSR count). The summed E-state index contributed by atoms with van der Waals surface area (Å²) in [5.41, 5.74) is 0.685. The lowest BCUT2D eigenvalue weighted by molar-refractivity contribution is -0.0542. The minimum Gasteiger partial charge on any atom is -0.478 e. The summed E-state index contributed by atoms with van der Waals surface area (Å²) in [5.74, 6) is -2.64. The zero-order chi connectivity index (χ0) is 33.6. The molecule has 3 aromatic carbocycles. The predicted molar refractivity (Wildman–Crippen MR) is 164 cm³/mol. The molecule has 13 nitrogen and oxygen atoms in total. The third-order valence-electron chi connectivity index (χ3n) is 6.39. The topological polar surface area (TPSA) is 217 Å². The van der Waals surface area contributed by atoms with E-state index in [1.54, 1.807) is 103 Å². The van der Waals surface area contributed by atoms with E-state index in [9.17, 15) is 29.4 Å². The maximum Gasteiger partial charge on any atom is 0.335 e. The number of aliphatic hydroxyl groups is 3. The highest BCUT2D eigenvalue weighted by molar-refractivity contribution is 5.88. The number of carbonyl (C=O) groups is 3. The van der Waals surface area contributed by atoms with Crippen molar-refractivity contribution in [2.75, 3.05) is 6.61 Å². The van der Waals surface area contributed by atoms with Gasteiger partial charge in [-0.15, -0.1) is 0 Å². The zero-order valence-electron chi connectivity index (χ0n) is 24.1. The van der Waals surface area contributed by atoms with Crippen LogP contribution in [0.3, 0.4) is 0 Å². The summed E-state index contributed by atoms with van der Waals surface area (Å²) < 4.78 is 11.5. The van der Waals surface area contributed by atoms with E-state index < -0.39 is 54.6 Å². The van der Waals surface area contributed by atoms with Gasteiger partial charge in [-0.25, -0.2) is 14.4 Å². The Labute approximate surface area is 261 Å². The van der Waals surface area contributed by atoms with Gasteiger partial charge in [0.15, 0.2) is 11.8 Å². The van der Waals surface area contributed by atoms with E-state index in [0.717, 1.165) is 4.57 Å². The van der Waals surface area contributed by atoms with Crippen molar-refractivity contribution in [2.45, 2.75) is 24.5 Å². The van der Waals surface area contributed by atoms with E-state index in [4.69, 9.17) is 29.6 Å². The van der Waals surface area contributed by atoms with Crippen LogP contribution in [-0.4, -0.2) is 78.0 Å². The smallest absolute Gasteiger partial charge is 0.335 e. The van der Waals surface area contributed by atoms with Gasteiger partial charge in [-0.05, 0) is 48.5 Å². The van der Waals surface area contributed by atoms with Gasteiger partial charge in [-0.3, -0.25) is 9.36 Å². The second-order valence-corrected chi connectivity index (χ2v) is 9.48.